The first-order valence-electron chi connectivity index (χ1n) is 7.45. The van der Waals surface area contributed by atoms with E-state index >= 15 is 0 Å². The minimum Gasteiger partial charge on any atom is -0.513 e. The molecule has 2 aliphatic rings. The molecule has 0 aromatic heterocycles. The van der Waals surface area contributed by atoms with Crippen molar-refractivity contribution in [2.24, 2.45) is 5.16 Å². The van der Waals surface area contributed by atoms with E-state index in [-0.39, 0.29) is 17.2 Å². The zero-order valence-electron chi connectivity index (χ0n) is 13.0. The van der Waals surface area contributed by atoms with E-state index in [1.54, 1.807) is 0 Å². The van der Waals surface area contributed by atoms with E-state index in [0.717, 1.165) is 5.84 Å². The molecule has 1 saturated heterocycles. The van der Waals surface area contributed by atoms with Gasteiger partial charge in [0.1, 0.15) is 53.4 Å². The first-order chi connectivity index (χ1) is 10.3. The Hall–Kier alpha value is -1.66. The van der Waals surface area contributed by atoms with Crippen LogP contribution >= 0.6 is 0 Å². The van der Waals surface area contributed by atoms with Crippen LogP contribution in [0.3, 0.4) is 0 Å². The lowest BCUT2D eigenvalue weighted by Gasteiger charge is -2.23. The average molecular weight is 304 g/mol. The van der Waals surface area contributed by atoms with Crippen molar-refractivity contribution in [3.63, 3.8) is 0 Å². The molecule has 3 rings (SSSR count). The zero-order chi connectivity index (χ0) is 15.9. The number of rotatable bonds is 3. The summed E-state index contributed by atoms with van der Waals surface area (Å²) >= 11 is 0. The van der Waals surface area contributed by atoms with Gasteiger partial charge in [-0.25, -0.2) is 8.78 Å². The molecular weight excluding hydrogens is 287 g/mol. The van der Waals surface area contributed by atoms with Crippen molar-refractivity contribution in [1.82, 2.24) is 4.90 Å². The summed E-state index contributed by atoms with van der Waals surface area (Å²) in [7, 11) is 5.51. The number of halogens is 2. The Balaban J connectivity index is 1.86. The Labute approximate surface area is 131 Å². The molecule has 2 aliphatic heterocycles. The van der Waals surface area contributed by atoms with E-state index in [4.69, 9.17) is 9.57 Å². The van der Waals surface area contributed by atoms with Gasteiger partial charge < -0.3 is 14.5 Å². The fraction of sp³-hybridized carbons (Fsp3) is 0.462. The molecule has 0 spiro atoms. The van der Waals surface area contributed by atoms with Gasteiger partial charge in [0, 0.05) is 41.9 Å². The lowest BCUT2D eigenvalue weighted by molar-refractivity contribution is 0.106. The second kappa shape index (κ2) is 5.52. The van der Waals surface area contributed by atoms with Crippen LogP contribution in [-0.4, -0.2) is 59.3 Å². The van der Waals surface area contributed by atoms with Crippen LogP contribution in [0.1, 0.15) is 17.9 Å². The molecule has 114 valence electrons. The average Bonchev–Trinajstić information content (AvgIpc) is 2.78. The molecule has 0 N–H and O–H groups in total. The molecule has 4 nitrogen and oxygen atoms in total. The van der Waals surface area contributed by atoms with E-state index in [1.807, 2.05) is 28.4 Å². The number of hydrogen-bond acceptors (Lipinski definition) is 4. The highest BCUT2D eigenvalue weighted by molar-refractivity contribution is 6.58. The monoisotopic (exact) mass is 304 g/mol. The summed E-state index contributed by atoms with van der Waals surface area (Å²) in [5.41, 5.74) is 0.110. The minimum absolute atomic E-state index is 0.110. The molecule has 0 bridgehead atoms. The van der Waals surface area contributed by atoms with Gasteiger partial charge in [-0.2, -0.15) is 0 Å². The molecule has 1 atom stereocenters. The van der Waals surface area contributed by atoms with Crippen LogP contribution in [0.2, 0.25) is 0 Å². The standard InChI is InChI=1S/C13H17B3F2N2O2/c14-13(15,16)22-8-4-9(17)12(10(18)5-8)7-3-11-19-21-2-1-20(11)6-7/h4-5,7H,1-3,6,14-16H2/t7-/m0/s1. The number of benzene rings is 1. The molecule has 22 heavy (non-hydrogen) atoms. The maximum Gasteiger partial charge on any atom is 0.145 e. The lowest BCUT2D eigenvalue weighted by Crippen LogP contribution is -2.37. The summed E-state index contributed by atoms with van der Waals surface area (Å²) in [6.45, 7) is 1.79. The summed E-state index contributed by atoms with van der Waals surface area (Å²) in [6.07, 6.45) is 0.493. The van der Waals surface area contributed by atoms with Gasteiger partial charge in [0.2, 0.25) is 0 Å². The highest BCUT2D eigenvalue weighted by Gasteiger charge is 2.34. The predicted octanol–water partition coefficient (Wildman–Crippen LogP) is -1.01. The highest BCUT2D eigenvalue weighted by atomic mass is 19.1. The maximum absolute atomic E-state index is 14.4. The summed E-state index contributed by atoms with van der Waals surface area (Å²) in [6, 6.07) is 2.53. The van der Waals surface area contributed by atoms with Crippen molar-refractivity contribution in [2.75, 3.05) is 19.7 Å². The fourth-order valence-electron chi connectivity index (χ4n) is 2.93. The van der Waals surface area contributed by atoms with Crippen molar-refractivity contribution in [3.05, 3.63) is 29.3 Å². The third-order valence-corrected chi connectivity index (χ3v) is 3.74. The number of nitrogens with zero attached hydrogens (tertiary/aromatic N) is 2. The fourth-order valence-corrected chi connectivity index (χ4v) is 2.93. The van der Waals surface area contributed by atoms with Gasteiger partial charge in [0.15, 0.2) is 0 Å². The third kappa shape index (κ3) is 3.08. The molecule has 1 aromatic rings. The molecule has 0 aliphatic carbocycles. The van der Waals surface area contributed by atoms with Gasteiger partial charge >= 0.3 is 0 Å². The predicted molar refractivity (Wildman–Crippen MR) is 87.7 cm³/mol. The van der Waals surface area contributed by atoms with Crippen LogP contribution in [0.25, 0.3) is 0 Å². The Kier molecular flexibility index (Phi) is 3.83. The molecule has 0 unspecified atom stereocenters. The number of fused-ring (bicyclic) bond motifs is 1. The largest absolute Gasteiger partial charge is 0.513 e. The number of ether oxygens (including phenoxy) is 1. The first kappa shape index (κ1) is 15.2. The molecule has 1 aromatic carbocycles. The third-order valence-electron chi connectivity index (χ3n) is 3.74. The second-order valence-corrected chi connectivity index (χ2v) is 6.70. The summed E-state index contributed by atoms with van der Waals surface area (Å²) < 4.78 is 34.4. The molecular formula is C13H17B3F2N2O2. The Morgan fingerprint density at radius 2 is 1.95 bits per heavy atom. The van der Waals surface area contributed by atoms with Gasteiger partial charge in [0.05, 0.1) is 6.54 Å². The van der Waals surface area contributed by atoms with E-state index in [2.05, 4.69) is 5.16 Å². The van der Waals surface area contributed by atoms with Crippen LogP contribution in [0.15, 0.2) is 17.3 Å². The van der Waals surface area contributed by atoms with Crippen LogP contribution in [0.4, 0.5) is 8.78 Å². The van der Waals surface area contributed by atoms with E-state index in [0.29, 0.717) is 26.1 Å². The van der Waals surface area contributed by atoms with E-state index < -0.39 is 16.9 Å². The molecule has 0 radical (unpaired) electrons. The zero-order valence-corrected chi connectivity index (χ0v) is 13.0. The van der Waals surface area contributed by atoms with Crippen molar-refractivity contribution >= 4 is 29.4 Å². The van der Waals surface area contributed by atoms with Gasteiger partial charge in [-0.1, -0.05) is 5.16 Å². The van der Waals surface area contributed by atoms with Gasteiger partial charge in [-0.3, -0.25) is 0 Å². The number of amidine groups is 1. The minimum atomic E-state index is -0.564. The Morgan fingerprint density at radius 1 is 1.27 bits per heavy atom. The molecule has 1 fully saturated rings. The Morgan fingerprint density at radius 3 is 2.55 bits per heavy atom. The lowest BCUT2D eigenvalue weighted by atomic mass is 9.52. The van der Waals surface area contributed by atoms with E-state index in [9.17, 15) is 8.78 Å². The summed E-state index contributed by atoms with van der Waals surface area (Å²) in [5.74, 6) is -0.395. The van der Waals surface area contributed by atoms with Crippen LogP contribution < -0.4 is 4.74 Å². The summed E-state index contributed by atoms with van der Waals surface area (Å²) in [4.78, 5) is 7.06. The smallest absolute Gasteiger partial charge is 0.145 e. The summed E-state index contributed by atoms with van der Waals surface area (Å²) in [5, 5.41) is 3.47. The number of oxime groups is 1. The molecule has 0 saturated carbocycles. The first-order valence-corrected chi connectivity index (χ1v) is 7.45. The SMILES string of the molecule is BC(B)(B)Oc1cc(F)c([C@H]2CC3=NOCCN3C2)c(F)c1. The topological polar surface area (TPSA) is 34.1 Å². The highest BCUT2D eigenvalue weighted by Crippen LogP contribution is 2.35. The van der Waals surface area contributed by atoms with Gasteiger partial charge in [0.25, 0.3) is 0 Å². The van der Waals surface area contributed by atoms with Crippen LogP contribution in [-0.2, 0) is 4.84 Å². The van der Waals surface area contributed by atoms with Crippen molar-refractivity contribution < 1.29 is 18.4 Å². The van der Waals surface area contributed by atoms with Crippen LogP contribution in [0.5, 0.6) is 5.75 Å². The normalized spacial score (nSPS) is 21.1. The maximum atomic E-state index is 14.4. The quantitative estimate of drug-likeness (QED) is 0.671. The van der Waals surface area contributed by atoms with Crippen molar-refractivity contribution in [3.8, 4) is 5.75 Å². The van der Waals surface area contributed by atoms with Crippen LogP contribution in [0, 0.1) is 11.6 Å². The van der Waals surface area contributed by atoms with Gasteiger partial charge in [-0.15, -0.1) is 0 Å². The molecule has 2 heterocycles. The Bertz CT molecular complexity index is 599. The molecule has 0 amide bonds. The number of hydrogen-bond donors (Lipinski definition) is 0. The van der Waals surface area contributed by atoms with Crippen molar-refractivity contribution in [2.45, 2.75) is 17.6 Å². The van der Waals surface area contributed by atoms with Crippen molar-refractivity contribution in [1.29, 1.82) is 0 Å². The van der Waals surface area contributed by atoms with E-state index in [1.165, 1.54) is 12.1 Å². The van der Waals surface area contributed by atoms with Gasteiger partial charge in [-0.05, 0) is 0 Å². The second-order valence-electron chi connectivity index (χ2n) is 6.70. The molecule has 9 heteroatoms.